The number of anilines is 2. The molecule has 1 aromatic carbocycles. The van der Waals surface area contributed by atoms with Crippen LogP contribution in [0.1, 0.15) is 68.1 Å². The highest BCUT2D eigenvalue weighted by atomic mass is 16.1. The van der Waals surface area contributed by atoms with E-state index in [1.807, 2.05) is 13.8 Å². The number of amides is 1. The van der Waals surface area contributed by atoms with Gasteiger partial charge < -0.3 is 10.2 Å². The molecule has 1 aliphatic carbocycles. The zero-order valence-electron chi connectivity index (χ0n) is 16.8. The number of carbonyl (C=O) groups excluding carboxylic acids is 1. The van der Waals surface area contributed by atoms with Crippen LogP contribution in [0.15, 0.2) is 24.3 Å². The highest BCUT2D eigenvalue weighted by molar-refractivity contribution is 5.92. The predicted molar refractivity (Wildman–Crippen MR) is 108 cm³/mol. The molecule has 0 saturated carbocycles. The fraction of sp³-hybridized carbons (Fsp3) is 0.500. The van der Waals surface area contributed by atoms with Gasteiger partial charge in [-0.15, -0.1) is 0 Å². The molecule has 1 aliphatic heterocycles. The van der Waals surface area contributed by atoms with Crippen molar-refractivity contribution in [1.29, 1.82) is 0 Å². The summed E-state index contributed by atoms with van der Waals surface area (Å²) >= 11 is 0. The molecule has 2 unspecified atom stereocenters. The molecule has 2 aromatic rings. The van der Waals surface area contributed by atoms with Crippen LogP contribution in [0, 0.1) is 19.3 Å². The van der Waals surface area contributed by atoms with Gasteiger partial charge in [-0.1, -0.05) is 45.0 Å². The van der Waals surface area contributed by atoms with Crippen LogP contribution >= 0.6 is 0 Å². The van der Waals surface area contributed by atoms with Crippen LogP contribution in [0.5, 0.6) is 0 Å². The van der Waals surface area contributed by atoms with Crippen molar-refractivity contribution in [3.63, 3.8) is 0 Å². The SMILES string of the molecule is Cc1nc(N2CC3CC2c2ccccc23)nc(C)c1NC(=O)CC(C)(C)C. The molecule has 2 aliphatic rings. The van der Waals surface area contributed by atoms with Gasteiger partial charge in [-0.2, -0.15) is 0 Å². The number of benzene rings is 1. The first-order valence-corrected chi connectivity index (χ1v) is 9.73. The van der Waals surface area contributed by atoms with Crippen LogP contribution in [0.3, 0.4) is 0 Å². The standard InChI is InChI=1S/C22H28N4O/c1-13-20(25-19(27)11-22(3,4)5)14(2)24-21(23-13)26-12-15-10-18(26)17-9-7-6-8-16(15)17/h6-9,15,18H,10-12H2,1-5H3,(H,25,27). The van der Waals surface area contributed by atoms with E-state index in [2.05, 4.69) is 55.3 Å². The van der Waals surface area contributed by atoms with E-state index >= 15 is 0 Å². The Morgan fingerprint density at radius 2 is 1.78 bits per heavy atom. The number of hydrogen-bond donors (Lipinski definition) is 1. The molecule has 0 radical (unpaired) electrons. The van der Waals surface area contributed by atoms with E-state index < -0.39 is 0 Å². The Hall–Kier alpha value is -2.43. The van der Waals surface area contributed by atoms with E-state index in [0.29, 0.717) is 18.4 Å². The molecule has 27 heavy (non-hydrogen) atoms. The maximum Gasteiger partial charge on any atom is 0.226 e. The minimum atomic E-state index is -0.0468. The van der Waals surface area contributed by atoms with Crippen LogP contribution in [-0.4, -0.2) is 22.4 Å². The molecule has 2 bridgehead atoms. The van der Waals surface area contributed by atoms with Gasteiger partial charge in [0.2, 0.25) is 11.9 Å². The first-order valence-electron chi connectivity index (χ1n) is 9.73. The third-order valence-corrected chi connectivity index (χ3v) is 5.57. The minimum absolute atomic E-state index is 0.0132. The summed E-state index contributed by atoms with van der Waals surface area (Å²) in [5, 5.41) is 3.02. The van der Waals surface area contributed by atoms with Crippen LogP contribution in [0.4, 0.5) is 11.6 Å². The molecule has 142 valence electrons. The summed E-state index contributed by atoms with van der Waals surface area (Å²) in [6, 6.07) is 9.09. The number of rotatable bonds is 3. The lowest BCUT2D eigenvalue weighted by atomic mass is 9.92. The highest BCUT2D eigenvalue weighted by Gasteiger charge is 2.43. The zero-order chi connectivity index (χ0) is 19.3. The maximum absolute atomic E-state index is 12.3. The molecular weight excluding hydrogens is 336 g/mol. The predicted octanol–water partition coefficient (Wildman–Crippen LogP) is 4.52. The van der Waals surface area contributed by atoms with Crippen molar-refractivity contribution in [1.82, 2.24) is 9.97 Å². The van der Waals surface area contributed by atoms with E-state index in [1.165, 1.54) is 11.1 Å². The number of nitrogens with zero attached hydrogens (tertiary/aromatic N) is 3. The largest absolute Gasteiger partial charge is 0.333 e. The summed E-state index contributed by atoms with van der Waals surface area (Å²) in [5.74, 6) is 1.36. The number of aromatic nitrogens is 2. The van der Waals surface area contributed by atoms with Gasteiger partial charge in [0.15, 0.2) is 0 Å². The zero-order valence-corrected chi connectivity index (χ0v) is 16.8. The van der Waals surface area contributed by atoms with Crippen molar-refractivity contribution in [2.75, 3.05) is 16.8 Å². The molecule has 1 amide bonds. The highest BCUT2D eigenvalue weighted by Crippen LogP contribution is 2.51. The summed E-state index contributed by atoms with van der Waals surface area (Å²) < 4.78 is 0. The molecule has 1 saturated heterocycles. The van der Waals surface area contributed by atoms with Crippen molar-refractivity contribution in [2.45, 2.75) is 59.4 Å². The topological polar surface area (TPSA) is 58.1 Å². The summed E-state index contributed by atoms with van der Waals surface area (Å²) in [4.78, 5) is 24.2. The molecule has 0 spiro atoms. The van der Waals surface area contributed by atoms with Crippen LogP contribution in [0.2, 0.25) is 0 Å². The first-order chi connectivity index (χ1) is 12.7. The van der Waals surface area contributed by atoms with Crippen LogP contribution < -0.4 is 10.2 Å². The lowest BCUT2D eigenvalue weighted by molar-refractivity contribution is -0.117. The summed E-state index contributed by atoms with van der Waals surface area (Å²) in [5.41, 5.74) is 5.26. The average Bonchev–Trinajstić information content (AvgIpc) is 3.16. The molecule has 1 fully saturated rings. The van der Waals surface area contributed by atoms with E-state index in [-0.39, 0.29) is 11.3 Å². The summed E-state index contributed by atoms with van der Waals surface area (Å²) in [6.07, 6.45) is 1.62. The normalized spacial score (nSPS) is 20.7. The Morgan fingerprint density at radius 1 is 1.15 bits per heavy atom. The molecule has 4 rings (SSSR count). The van der Waals surface area contributed by atoms with Gasteiger partial charge in [0.25, 0.3) is 0 Å². The molecule has 2 heterocycles. The molecule has 2 atom stereocenters. The monoisotopic (exact) mass is 364 g/mol. The van der Waals surface area contributed by atoms with Crippen LogP contribution in [0.25, 0.3) is 0 Å². The smallest absolute Gasteiger partial charge is 0.226 e. The van der Waals surface area contributed by atoms with Crippen molar-refractivity contribution in [2.24, 2.45) is 5.41 Å². The van der Waals surface area contributed by atoms with Gasteiger partial charge >= 0.3 is 0 Å². The first kappa shape index (κ1) is 18.0. The summed E-state index contributed by atoms with van der Waals surface area (Å²) in [6.45, 7) is 11.1. The average molecular weight is 364 g/mol. The Kier molecular flexibility index (Phi) is 4.21. The number of aryl methyl sites for hydroxylation is 2. The minimum Gasteiger partial charge on any atom is -0.333 e. The number of carbonyl (C=O) groups is 1. The fourth-order valence-corrected chi connectivity index (χ4v) is 4.44. The van der Waals surface area contributed by atoms with Crippen molar-refractivity contribution in [3.8, 4) is 0 Å². The van der Waals surface area contributed by atoms with Gasteiger partial charge in [-0.05, 0) is 36.8 Å². The van der Waals surface area contributed by atoms with E-state index in [4.69, 9.17) is 9.97 Å². The summed E-state index contributed by atoms with van der Waals surface area (Å²) in [7, 11) is 0. The van der Waals surface area contributed by atoms with Crippen LogP contribution in [-0.2, 0) is 4.79 Å². The number of fused-ring (bicyclic) bond motifs is 5. The lowest BCUT2D eigenvalue weighted by Gasteiger charge is -2.29. The van der Waals surface area contributed by atoms with Crippen molar-refractivity contribution < 1.29 is 4.79 Å². The van der Waals surface area contributed by atoms with E-state index in [0.717, 1.165) is 36.0 Å². The van der Waals surface area contributed by atoms with Gasteiger partial charge in [0, 0.05) is 18.9 Å². The van der Waals surface area contributed by atoms with Crippen molar-refractivity contribution in [3.05, 3.63) is 46.8 Å². The fourth-order valence-electron chi connectivity index (χ4n) is 4.44. The number of nitrogens with one attached hydrogen (secondary N) is 1. The van der Waals surface area contributed by atoms with Gasteiger partial charge in [0.1, 0.15) is 0 Å². The van der Waals surface area contributed by atoms with E-state index in [1.54, 1.807) is 0 Å². The van der Waals surface area contributed by atoms with E-state index in [9.17, 15) is 4.79 Å². The van der Waals surface area contributed by atoms with Crippen molar-refractivity contribution >= 4 is 17.5 Å². The Morgan fingerprint density at radius 3 is 2.41 bits per heavy atom. The Labute approximate surface area is 161 Å². The van der Waals surface area contributed by atoms with Gasteiger partial charge in [-0.25, -0.2) is 9.97 Å². The van der Waals surface area contributed by atoms with Gasteiger partial charge in [0.05, 0.1) is 23.1 Å². The third-order valence-electron chi connectivity index (χ3n) is 5.57. The Balaban J connectivity index is 1.58. The molecule has 5 nitrogen and oxygen atoms in total. The maximum atomic E-state index is 12.3. The molecular formula is C22H28N4O. The molecule has 1 N–H and O–H groups in total. The second-order valence-electron chi connectivity index (χ2n) is 9.08. The third kappa shape index (κ3) is 3.31. The Bertz CT molecular complexity index is 876. The quantitative estimate of drug-likeness (QED) is 0.870. The van der Waals surface area contributed by atoms with Gasteiger partial charge in [-0.3, -0.25) is 4.79 Å². The second kappa shape index (κ2) is 6.32. The molecule has 5 heteroatoms. The lowest BCUT2D eigenvalue weighted by Crippen LogP contribution is -2.29. The molecule has 1 aromatic heterocycles. The second-order valence-corrected chi connectivity index (χ2v) is 9.08. The number of hydrogen-bond acceptors (Lipinski definition) is 4.